The predicted octanol–water partition coefficient (Wildman–Crippen LogP) is 0.555. The Morgan fingerprint density at radius 3 is 2.94 bits per heavy atom. The minimum Gasteiger partial charge on any atom is -0.490 e. The van der Waals surface area contributed by atoms with E-state index in [1.165, 1.54) is 24.3 Å². The number of benzene rings is 1. The largest absolute Gasteiger partial charge is 0.490 e. The van der Waals surface area contributed by atoms with Gasteiger partial charge in [-0.1, -0.05) is 0 Å². The van der Waals surface area contributed by atoms with E-state index in [1.54, 1.807) is 0 Å². The van der Waals surface area contributed by atoms with Crippen LogP contribution in [0.25, 0.3) is 0 Å². The maximum Gasteiger partial charge on any atom is 0.134 e. The highest BCUT2D eigenvalue weighted by molar-refractivity contribution is 5.22. The van der Waals surface area contributed by atoms with Gasteiger partial charge in [-0.25, -0.2) is 4.39 Å². The third-order valence-corrected chi connectivity index (χ3v) is 2.57. The van der Waals surface area contributed by atoms with Crippen molar-refractivity contribution in [2.45, 2.75) is 5.60 Å². The molecule has 1 atom stereocenters. The van der Waals surface area contributed by atoms with Gasteiger partial charge in [0.1, 0.15) is 23.8 Å². The zero-order chi connectivity index (χ0) is 12.1. The van der Waals surface area contributed by atoms with Crippen LogP contribution in [0.5, 0.6) is 5.75 Å². The number of β-amino-alcohol motifs (C(OH)–C–C–N with tert-alkyl or cyclic N) is 1. The average Bonchev–Trinajstić information content (AvgIpc) is 2.54. The van der Waals surface area contributed by atoms with Gasteiger partial charge in [0.05, 0.1) is 13.2 Å². The van der Waals surface area contributed by atoms with Crippen molar-refractivity contribution >= 4 is 0 Å². The second-order valence-corrected chi connectivity index (χ2v) is 4.20. The summed E-state index contributed by atoms with van der Waals surface area (Å²) in [4.78, 5) is 0. The van der Waals surface area contributed by atoms with E-state index < -0.39 is 5.60 Å². The monoisotopic (exact) mass is 241 g/mol. The fraction of sp³-hybridized carbons (Fsp3) is 0.500. The molecule has 2 rings (SSSR count). The van der Waals surface area contributed by atoms with Gasteiger partial charge in [0.15, 0.2) is 0 Å². The Bertz CT molecular complexity index is 347. The predicted molar refractivity (Wildman–Crippen MR) is 60.5 cm³/mol. The van der Waals surface area contributed by atoms with Gasteiger partial charge in [-0.2, -0.15) is 0 Å². The molecule has 0 saturated carbocycles. The fourth-order valence-electron chi connectivity index (χ4n) is 1.62. The summed E-state index contributed by atoms with van der Waals surface area (Å²) in [6, 6.07) is 5.70. The Morgan fingerprint density at radius 1 is 1.41 bits per heavy atom. The van der Waals surface area contributed by atoms with Gasteiger partial charge >= 0.3 is 0 Å². The van der Waals surface area contributed by atoms with Gasteiger partial charge in [-0.05, 0) is 24.3 Å². The molecule has 0 spiro atoms. The lowest BCUT2D eigenvalue weighted by Gasteiger charge is -2.25. The number of halogens is 1. The lowest BCUT2D eigenvalue weighted by molar-refractivity contribution is -0.0552. The third-order valence-electron chi connectivity index (χ3n) is 2.57. The molecule has 17 heavy (non-hydrogen) atoms. The summed E-state index contributed by atoms with van der Waals surface area (Å²) < 4.78 is 23.4. The van der Waals surface area contributed by atoms with Crippen LogP contribution in [0.4, 0.5) is 4.39 Å². The van der Waals surface area contributed by atoms with E-state index >= 15 is 0 Å². The zero-order valence-electron chi connectivity index (χ0n) is 9.49. The molecule has 94 valence electrons. The van der Waals surface area contributed by atoms with Gasteiger partial charge < -0.3 is 19.9 Å². The first kappa shape index (κ1) is 12.3. The van der Waals surface area contributed by atoms with Crippen molar-refractivity contribution in [3.8, 4) is 5.75 Å². The highest BCUT2D eigenvalue weighted by Crippen LogP contribution is 2.14. The van der Waals surface area contributed by atoms with Crippen molar-refractivity contribution in [2.24, 2.45) is 0 Å². The van der Waals surface area contributed by atoms with Crippen LogP contribution in [0, 0.1) is 5.82 Å². The average molecular weight is 241 g/mol. The molecule has 1 aliphatic heterocycles. The lowest BCUT2D eigenvalue weighted by atomic mass is 10.1. The first-order valence-electron chi connectivity index (χ1n) is 5.57. The first-order valence-corrected chi connectivity index (χ1v) is 5.57. The minimum atomic E-state index is -1.04. The molecule has 4 nitrogen and oxygen atoms in total. The van der Waals surface area contributed by atoms with E-state index in [4.69, 9.17) is 9.47 Å². The van der Waals surface area contributed by atoms with Crippen LogP contribution in [0.3, 0.4) is 0 Å². The van der Waals surface area contributed by atoms with E-state index in [9.17, 15) is 9.50 Å². The number of hydrogen-bond donors (Lipinski definition) is 2. The van der Waals surface area contributed by atoms with Crippen molar-refractivity contribution in [3.63, 3.8) is 0 Å². The molecule has 5 heteroatoms. The zero-order valence-corrected chi connectivity index (χ0v) is 9.49. The topological polar surface area (TPSA) is 50.7 Å². The van der Waals surface area contributed by atoms with Crippen LogP contribution in [0.2, 0.25) is 0 Å². The van der Waals surface area contributed by atoms with Gasteiger partial charge in [0, 0.05) is 13.1 Å². The standard InChI is InChI=1S/C12H16FNO3/c13-10-1-3-11(4-2-10)17-9-12(15)7-14-5-6-16-8-12/h1-4,14-15H,5-9H2. The number of hydrogen-bond acceptors (Lipinski definition) is 4. The van der Waals surface area contributed by atoms with Crippen molar-refractivity contribution in [1.82, 2.24) is 5.32 Å². The summed E-state index contributed by atoms with van der Waals surface area (Å²) in [6.45, 7) is 2.08. The molecule has 0 amide bonds. The third kappa shape index (κ3) is 3.66. The van der Waals surface area contributed by atoms with Crippen LogP contribution < -0.4 is 10.1 Å². The maximum absolute atomic E-state index is 12.7. The molecule has 1 unspecified atom stereocenters. The van der Waals surface area contributed by atoms with Crippen molar-refractivity contribution in [3.05, 3.63) is 30.1 Å². The molecule has 1 fully saturated rings. The Hall–Kier alpha value is -1.17. The second-order valence-electron chi connectivity index (χ2n) is 4.20. The smallest absolute Gasteiger partial charge is 0.134 e. The molecule has 0 aromatic heterocycles. The van der Waals surface area contributed by atoms with Gasteiger partial charge in [0.2, 0.25) is 0 Å². The molecule has 1 aliphatic rings. The molecule has 0 radical (unpaired) electrons. The summed E-state index contributed by atoms with van der Waals surface area (Å²) in [6.07, 6.45) is 0. The Kier molecular flexibility index (Phi) is 3.93. The highest BCUT2D eigenvalue weighted by atomic mass is 19.1. The summed E-state index contributed by atoms with van der Waals surface area (Å²) in [5, 5.41) is 13.2. The van der Waals surface area contributed by atoms with E-state index in [1.807, 2.05) is 0 Å². The molecule has 1 saturated heterocycles. The van der Waals surface area contributed by atoms with E-state index in [0.29, 0.717) is 18.9 Å². The molecule has 1 aromatic rings. The molecule has 2 N–H and O–H groups in total. The summed E-state index contributed by atoms with van der Waals surface area (Å²) in [5.74, 6) is 0.222. The van der Waals surface area contributed by atoms with Crippen LogP contribution in [-0.4, -0.2) is 43.6 Å². The Morgan fingerprint density at radius 2 is 2.18 bits per heavy atom. The molecule has 0 bridgehead atoms. The van der Waals surface area contributed by atoms with Crippen LogP contribution in [-0.2, 0) is 4.74 Å². The highest BCUT2D eigenvalue weighted by Gasteiger charge is 2.29. The van der Waals surface area contributed by atoms with E-state index in [0.717, 1.165) is 6.54 Å². The number of nitrogens with one attached hydrogen (secondary N) is 1. The Labute approximate surface area is 99.4 Å². The number of rotatable bonds is 3. The molecule has 1 aromatic carbocycles. The van der Waals surface area contributed by atoms with Crippen molar-refractivity contribution in [1.29, 1.82) is 0 Å². The van der Waals surface area contributed by atoms with E-state index in [-0.39, 0.29) is 19.0 Å². The van der Waals surface area contributed by atoms with Crippen LogP contribution in [0.1, 0.15) is 0 Å². The number of aliphatic hydroxyl groups is 1. The number of ether oxygens (including phenoxy) is 2. The summed E-state index contributed by atoms with van der Waals surface area (Å²) >= 11 is 0. The van der Waals surface area contributed by atoms with Gasteiger partial charge in [0.25, 0.3) is 0 Å². The fourth-order valence-corrected chi connectivity index (χ4v) is 1.62. The van der Waals surface area contributed by atoms with Gasteiger partial charge in [-0.3, -0.25) is 0 Å². The SMILES string of the molecule is OC1(COc2ccc(F)cc2)CNCCOC1. The molecule has 1 heterocycles. The van der Waals surface area contributed by atoms with Crippen LogP contribution >= 0.6 is 0 Å². The van der Waals surface area contributed by atoms with E-state index in [2.05, 4.69) is 5.32 Å². The van der Waals surface area contributed by atoms with Crippen molar-refractivity contribution in [2.75, 3.05) is 32.9 Å². The Balaban J connectivity index is 1.89. The molecule has 0 aliphatic carbocycles. The molecular formula is C12H16FNO3. The maximum atomic E-state index is 12.7. The van der Waals surface area contributed by atoms with Gasteiger partial charge in [-0.15, -0.1) is 0 Å². The lowest BCUT2D eigenvalue weighted by Crippen LogP contribution is -2.47. The van der Waals surface area contributed by atoms with Crippen LogP contribution in [0.15, 0.2) is 24.3 Å². The van der Waals surface area contributed by atoms with Crippen molar-refractivity contribution < 1.29 is 19.0 Å². The first-order chi connectivity index (χ1) is 8.18. The molecular weight excluding hydrogens is 225 g/mol. The second kappa shape index (κ2) is 5.44. The minimum absolute atomic E-state index is 0.117. The normalized spacial score (nSPS) is 25.3. The quantitative estimate of drug-likeness (QED) is 0.811. The summed E-state index contributed by atoms with van der Waals surface area (Å²) in [5.41, 5.74) is -1.04. The summed E-state index contributed by atoms with van der Waals surface area (Å²) in [7, 11) is 0.